The van der Waals surface area contributed by atoms with E-state index < -0.39 is 0 Å². The quantitative estimate of drug-likeness (QED) is 0.683. The van der Waals surface area contributed by atoms with Gasteiger partial charge >= 0.3 is 0 Å². The van der Waals surface area contributed by atoms with Crippen LogP contribution in [-0.2, 0) is 19.6 Å². The fraction of sp³-hybridized carbons (Fsp3) is 0.200. The van der Waals surface area contributed by atoms with Crippen LogP contribution in [0.25, 0.3) is 0 Å². The molecule has 1 heterocycles. The Labute approximate surface area is 138 Å². The highest BCUT2D eigenvalue weighted by Crippen LogP contribution is 2.19. The van der Waals surface area contributed by atoms with Crippen LogP contribution in [0.1, 0.15) is 16.8 Å². The molecule has 0 amide bonds. The standard InChI is InChI=1S/C20H23N3/c1-21-20-12-6-5-10-18(20)15-23(16-19-11-7-13-22-19)14-17-8-3-2-4-9-17/h2-13,21-22H,14-16H2,1H3. The SMILES string of the molecule is CNc1ccccc1CN(Cc1ccccc1)Cc1ccc[nH]1. The number of rotatable bonds is 7. The van der Waals surface area contributed by atoms with Crippen LogP contribution >= 0.6 is 0 Å². The van der Waals surface area contributed by atoms with Gasteiger partial charge in [0.2, 0.25) is 0 Å². The number of hydrogen-bond donors (Lipinski definition) is 2. The molecule has 0 aliphatic carbocycles. The van der Waals surface area contributed by atoms with Gasteiger partial charge in [-0.1, -0.05) is 48.5 Å². The Morgan fingerprint density at radius 3 is 2.35 bits per heavy atom. The minimum atomic E-state index is 0.903. The summed E-state index contributed by atoms with van der Waals surface area (Å²) in [6.07, 6.45) is 1.98. The van der Waals surface area contributed by atoms with Gasteiger partial charge in [0.05, 0.1) is 0 Å². The third kappa shape index (κ3) is 4.24. The highest BCUT2D eigenvalue weighted by Gasteiger charge is 2.11. The van der Waals surface area contributed by atoms with Crippen molar-refractivity contribution in [2.75, 3.05) is 12.4 Å². The summed E-state index contributed by atoms with van der Waals surface area (Å²) >= 11 is 0. The van der Waals surface area contributed by atoms with Gasteiger partial charge < -0.3 is 10.3 Å². The van der Waals surface area contributed by atoms with E-state index in [9.17, 15) is 0 Å². The summed E-state index contributed by atoms with van der Waals surface area (Å²) in [5.41, 5.74) is 5.08. The fourth-order valence-corrected chi connectivity index (χ4v) is 2.86. The predicted molar refractivity (Wildman–Crippen MR) is 96.2 cm³/mol. The number of anilines is 1. The Balaban J connectivity index is 1.79. The zero-order valence-corrected chi connectivity index (χ0v) is 13.5. The van der Waals surface area contributed by atoms with Crippen LogP contribution in [0.3, 0.4) is 0 Å². The van der Waals surface area contributed by atoms with Crippen molar-refractivity contribution in [3.8, 4) is 0 Å². The van der Waals surface area contributed by atoms with E-state index in [0.29, 0.717) is 0 Å². The summed E-state index contributed by atoms with van der Waals surface area (Å²) in [5, 5.41) is 3.29. The lowest BCUT2D eigenvalue weighted by molar-refractivity contribution is 0.245. The zero-order chi connectivity index (χ0) is 15.9. The van der Waals surface area contributed by atoms with Crippen molar-refractivity contribution in [2.45, 2.75) is 19.6 Å². The lowest BCUT2D eigenvalue weighted by Crippen LogP contribution is -2.23. The van der Waals surface area contributed by atoms with Crippen molar-refractivity contribution >= 4 is 5.69 Å². The summed E-state index contributed by atoms with van der Waals surface area (Å²) in [5.74, 6) is 0. The first-order valence-electron chi connectivity index (χ1n) is 7.99. The molecule has 0 bridgehead atoms. The molecule has 0 atom stereocenters. The maximum Gasteiger partial charge on any atom is 0.0392 e. The van der Waals surface area contributed by atoms with E-state index in [-0.39, 0.29) is 0 Å². The Hall–Kier alpha value is -2.52. The molecule has 2 N–H and O–H groups in total. The molecule has 0 fully saturated rings. The number of nitrogens with one attached hydrogen (secondary N) is 2. The maximum atomic E-state index is 3.31. The molecule has 2 aromatic carbocycles. The highest BCUT2D eigenvalue weighted by molar-refractivity contribution is 5.50. The average molecular weight is 305 g/mol. The van der Waals surface area contributed by atoms with Crippen LogP contribution in [0, 0.1) is 0 Å². The molecule has 0 saturated heterocycles. The topological polar surface area (TPSA) is 31.1 Å². The predicted octanol–water partition coefficient (Wildman–Crippen LogP) is 4.26. The lowest BCUT2D eigenvalue weighted by Gasteiger charge is -2.23. The number of aromatic amines is 1. The second-order valence-electron chi connectivity index (χ2n) is 5.73. The monoisotopic (exact) mass is 305 g/mol. The van der Waals surface area contributed by atoms with E-state index in [1.807, 2.05) is 13.2 Å². The number of hydrogen-bond acceptors (Lipinski definition) is 2. The summed E-state index contributed by atoms with van der Waals surface area (Å²) in [6, 6.07) is 23.3. The van der Waals surface area contributed by atoms with Crippen molar-refractivity contribution in [2.24, 2.45) is 0 Å². The first-order chi connectivity index (χ1) is 11.3. The first-order valence-corrected chi connectivity index (χ1v) is 7.99. The van der Waals surface area contributed by atoms with Crippen LogP contribution in [0.2, 0.25) is 0 Å². The number of benzene rings is 2. The normalized spacial score (nSPS) is 10.9. The smallest absolute Gasteiger partial charge is 0.0392 e. The number of para-hydroxylation sites is 1. The number of H-pyrrole nitrogens is 1. The van der Waals surface area contributed by atoms with E-state index in [0.717, 1.165) is 19.6 Å². The number of aromatic nitrogens is 1. The molecule has 0 radical (unpaired) electrons. The van der Waals surface area contributed by atoms with Crippen molar-refractivity contribution in [3.63, 3.8) is 0 Å². The lowest BCUT2D eigenvalue weighted by atomic mass is 10.1. The highest BCUT2D eigenvalue weighted by atomic mass is 15.1. The third-order valence-electron chi connectivity index (χ3n) is 3.99. The van der Waals surface area contributed by atoms with Crippen molar-refractivity contribution < 1.29 is 0 Å². The minimum absolute atomic E-state index is 0.903. The van der Waals surface area contributed by atoms with Gasteiger partial charge in [-0.25, -0.2) is 0 Å². The first kappa shape index (κ1) is 15.4. The second kappa shape index (κ2) is 7.65. The third-order valence-corrected chi connectivity index (χ3v) is 3.99. The largest absolute Gasteiger partial charge is 0.388 e. The molecule has 3 rings (SSSR count). The van der Waals surface area contributed by atoms with Gasteiger partial charge in [0.25, 0.3) is 0 Å². The molecule has 0 aliphatic heterocycles. The molecule has 0 saturated carbocycles. The van der Waals surface area contributed by atoms with Crippen LogP contribution in [-0.4, -0.2) is 16.9 Å². The van der Waals surface area contributed by atoms with Crippen LogP contribution in [0.15, 0.2) is 72.9 Å². The molecular formula is C20H23N3. The van der Waals surface area contributed by atoms with Crippen LogP contribution in [0.4, 0.5) is 5.69 Å². The van der Waals surface area contributed by atoms with Crippen molar-refractivity contribution in [1.29, 1.82) is 0 Å². The molecule has 1 aromatic heterocycles. The Kier molecular flexibility index (Phi) is 5.12. The van der Waals surface area contributed by atoms with Crippen molar-refractivity contribution in [1.82, 2.24) is 9.88 Å². The fourth-order valence-electron chi connectivity index (χ4n) is 2.86. The molecule has 118 valence electrons. The van der Waals surface area contributed by atoms with Gasteiger partial charge in [-0.3, -0.25) is 4.90 Å². The van der Waals surface area contributed by atoms with E-state index in [1.165, 1.54) is 22.5 Å². The molecule has 0 spiro atoms. The molecular weight excluding hydrogens is 282 g/mol. The summed E-state index contributed by atoms with van der Waals surface area (Å²) in [7, 11) is 1.98. The molecule has 3 heteroatoms. The molecule has 23 heavy (non-hydrogen) atoms. The van der Waals surface area contributed by atoms with E-state index in [2.05, 4.69) is 81.9 Å². The van der Waals surface area contributed by atoms with Gasteiger partial charge in [0, 0.05) is 44.3 Å². The van der Waals surface area contributed by atoms with Gasteiger partial charge in [-0.15, -0.1) is 0 Å². The zero-order valence-electron chi connectivity index (χ0n) is 13.5. The molecule has 3 aromatic rings. The second-order valence-corrected chi connectivity index (χ2v) is 5.73. The summed E-state index contributed by atoms with van der Waals surface area (Å²) in [6.45, 7) is 2.74. The summed E-state index contributed by atoms with van der Waals surface area (Å²) < 4.78 is 0. The average Bonchev–Trinajstić information content (AvgIpc) is 3.09. The van der Waals surface area contributed by atoms with Crippen LogP contribution in [0.5, 0.6) is 0 Å². The van der Waals surface area contributed by atoms with Crippen LogP contribution < -0.4 is 5.32 Å². The Morgan fingerprint density at radius 2 is 1.61 bits per heavy atom. The van der Waals surface area contributed by atoms with Gasteiger partial charge in [0.1, 0.15) is 0 Å². The molecule has 3 nitrogen and oxygen atoms in total. The van der Waals surface area contributed by atoms with Gasteiger partial charge in [-0.05, 0) is 29.3 Å². The minimum Gasteiger partial charge on any atom is -0.388 e. The van der Waals surface area contributed by atoms with E-state index >= 15 is 0 Å². The Bertz CT molecular complexity index is 705. The number of nitrogens with zero attached hydrogens (tertiary/aromatic N) is 1. The molecule has 0 unspecified atom stereocenters. The summed E-state index contributed by atoms with van der Waals surface area (Å²) in [4.78, 5) is 5.77. The molecule has 0 aliphatic rings. The van der Waals surface area contributed by atoms with E-state index in [1.54, 1.807) is 0 Å². The van der Waals surface area contributed by atoms with Gasteiger partial charge in [-0.2, -0.15) is 0 Å². The maximum absolute atomic E-state index is 3.31. The Morgan fingerprint density at radius 1 is 0.826 bits per heavy atom. The van der Waals surface area contributed by atoms with Gasteiger partial charge in [0.15, 0.2) is 0 Å². The van der Waals surface area contributed by atoms with Crippen molar-refractivity contribution in [3.05, 3.63) is 89.7 Å². The van der Waals surface area contributed by atoms with E-state index in [4.69, 9.17) is 0 Å².